The summed E-state index contributed by atoms with van der Waals surface area (Å²) >= 11 is 5.04. The standard InChI is InChI=1S/C14H15BrN2O2S2/c15-12-2-1-10(8-16)7-14(12)21(18,19)17-5-3-13-11(9-17)4-6-20-13/h1-2,4,6-7H,3,5,8-9,16H2. The molecule has 0 saturated heterocycles. The molecular weight excluding hydrogens is 372 g/mol. The van der Waals surface area contributed by atoms with Crippen LogP contribution in [-0.4, -0.2) is 19.3 Å². The van der Waals surface area contributed by atoms with Crippen LogP contribution < -0.4 is 5.73 Å². The average Bonchev–Trinajstić information content (AvgIpc) is 2.95. The molecule has 0 spiro atoms. The Morgan fingerprint density at radius 2 is 2.14 bits per heavy atom. The number of nitrogens with zero attached hydrogens (tertiary/aromatic N) is 1. The van der Waals surface area contributed by atoms with Crippen LogP contribution in [0.3, 0.4) is 0 Å². The van der Waals surface area contributed by atoms with E-state index in [1.807, 2.05) is 17.5 Å². The summed E-state index contributed by atoms with van der Waals surface area (Å²) in [7, 11) is -3.51. The first-order chi connectivity index (χ1) is 10.0. The molecule has 3 rings (SSSR count). The Hall–Kier alpha value is -0.730. The first-order valence-electron chi connectivity index (χ1n) is 6.56. The van der Waals surface area contributed by atoms with E-state index in [2.05, 4.69) is 15.9 Å². The van der Waals surface area contributed by atoms with Crippen molar-refractivity contribution in [2.75, 3.05) is 6.54 Å². The van der Waals surface area contributed by atoms with Crippen LogP contribution in [-0.2, 0) is 29.5 Å². The number of nitrogens with two attached hydrogens (primary N) is 1. The highest BCUT2D eigenvalue weighted by atomic mass is 79.9. The molecule has 21 heavy (non-hydrogen) atoms. The summed E-state index contributed by atoms with van der Waals surface area (Å²) in [4.78, 5) is 1.58. The Morgan fingerprint density at radius 1 is 1.33 bits per heavy atom. The zero-order valence-corrected chi connectivity index (χ0v) is 14.5. The lowest BCUT2D eigenvalue weighted by atomic mass is 10.1. The molecule has 0 atom stereocenters. The van der Waals surface area contributed by atoms with E-state index in [0.29, 0.717) is 29.0 Å². The van der Waals surface area contributed by atoms with Gasteiger partial charge in [-0.2, -0.15) is 4.31 Å². The van der Waals surface area contributed by atoms with Crippen LogP contribution in [0.25, 0.3) is 0 Å². The number of benzene rings is 1. The SMILES string of the molecule is NCc1ccc(Br)c(S(=O)(=O)N2CCc3sccc3C2)c1. The highest BCUT2D eigenvalue weighted by Crippen LogP contribution is 2.31. The van der Waals surface area contributed by atoms with E-state index in [4.69, 9.17) is 5.73 Å². The quantitative estimate of drug-likeness (QED) is 0.881. The fraction of sp³-hybridized carbons (Fsp3) is 0.286. The molecule has 0 amide bonds. The van der Waals surface area contributed by atoms with Gasteiger partial charge >= 0.3 is 0 Å². The van der Waals surface area contributed by atoms with Crippen LogP contribution in [0.5, 0.6) is 0 Å². The topological polar surface area (TPSA) is 63.4 Å². The van der Waals surface area contributed by atoms with Crippen molar-refractivity contribution < 1.29 is 8.42 Å². The maximum Gasteiger partial charge on any atom is 0.244 e. The Bertz CT molecular complexity index is 771. The minimum atomic E-state index is -3.51. The zero-order valence-electron chi connectivity index (χ0n) is 11.3. The molecular formula is C14H15BrN2O2S2. The molecule has 7 heteroatoms. The number of hydrogen-bond acceptors (Lipinski definition) is 4. The largest absolute Gasteiger partial charge is 0.326 e. The average molecular weight is 387 g/mol. The van der Waals surface area contributed by atoms with E-state index < -0.39 is 10.0 Å². The molecule has 0 saturated carbocycles. The summed E-state index contributed by atoms with van der Waals surface area (Å²) in [6, 6.07) is 7.24. The van der Waals surface area contributed by atoms with Gasteiger partial charge in [-0.05, 0) is 57.1 Å². The number of sulfonamides is 1. The van der Waals surface area contributed by atoms with Crippen LogP contribution in [0.1, 0.15) is 16.0 Å². The fourth-order valence-electron chi connectivity index (χ4n) is 2.44. The second kappa shape index (κ2) is 5.81. The lowest BCUT2D eigenvalue weighted by Crippen LogP contribution is -2.35. The second-order valence-corrected chi connectivity index (χ2v) is 8.69. The second-order valence-electron chi connectivity index (χ2n) is 4.93. The van der Waals surface area contributed by atoms with E-state index in [1.165, 1.54) is 4.88 Å². The van der Waals surface area contributed by atoms with Crippen LogP contribution in [0.15, 0.2) is 39.0 Å². The van der Waals surface area contributed by atoms with Gasteiger partial charge < -0.3 is 5.73 Å². The first-order valence-corrected chi connectivity index (χ1v) is 9.67. The number of halogens is 1. The van der Waals surface area contributed by atoms with E-state index >= 15 is 0 Å². The summed E-state index contributed by atoms with van der Waals surface area (Å²) in [5.41, 5.74) is 7.54. The van der Waals surface area contributed by atoms with Crippen molar-refractivity contribution in [2.45, 2.75) is 24.4 Å². The third-order valence-corrected chi connectivity index (χ3v) is 7.48. The highest BCUT2D eigenvalue weighted by molar-refractivity contribution is 9.10. The van der Waals surface area contributed by atoms with E-state index in [-0.39, 0.29) is 0 Å². The molecule has 1 aliphatic rings. The molecule has 0 aliphatic carbocycles. The Labute approximate surface area is 136 Å². The molecule has 0 radical (unpaired) electrons. The van der Waals surface area contributed by atoms with Crippen molar-refractivity contribution >= 4 is 37.3 Å². The van der Waals surface area contributed by atoms with E-state index in [0.717, 1.165) is 17.5 Å². The summed E-state index contributed by atoms with van der Waals surface area (Å²) < 4.78 is 27.9. The predicted molar refractivity (Wildman–Crippen MR) is 87.7 cm³/mol. The lowest BCUT2D eigenvalue weighted by Gasteiger charge is -2.26. The molecule has 0 bridgehead atoms. The predicted octanol–water partition coefficient (Wildman–Crippen LogP) is 2.72. The lowest BCUT2D eigenvalue weighted by molar-refractivity contribution is 0.394. The molecule has 4 nitrogen and oxygen atoms in total. The van der Waals surface area contributed by atoms with Crippen molar-refractivity contribution in [1.82, 2.24) is 4.31 Å². The number of rotatable bonds is 3. The van der Waals surface area contributed by atoms with Gasteiger partial charge in [0.15, 0.2) is 0 Å². The van der Waals surface area contributed by atoms with Crippen molar-refractivity contribution in [3.63, 3.8) is 0 Å². The van der Waals surface area contributed by atoms with Crippen molar-refractivity contribution in [2.24, 2.45) is 5.73 Å². The highest BCUT2D eigenvalue weighted by Gasteiger charge is 2.30. The van der Waals surface area contributed by atoms with Crippen LogP contribution in [0.4, 0.5) is 0 Å². The van der Waals surface area contributed by atoms with Gasteiger partial charge in [0.25, 0.3) is 0 Å². The summed E-state index contributed by atoms with van der Waals surface area (Å²) in [6.07, 6.45) is 0.778. The van der Waals surface area contributed by atoms with Gasteiger partial charge in [0.05, 0.1) is 4.90 Å². The molecule has 1 aromatic heterocycles. The van der Waals surface area contributed by atoms with Gasteiger partial charge in [-0.25, -0.2) is 8.42 Å². The minimum absolute atomic E-state index is 0.295. The molecule has 1 aromatic carbocycles. The summed E-state index contributed by atoms with van der Waals surface area (Å²) in [6.45, 7) is 1.29. The number of fused-ring (bicyclic) bond motifs is 1. The van der Waals surface area contributed by atoms with Crippen LogP contribution in [0, 0.1) is 0 Å². The van der Waals surface area contributed by atoms with Crippen molar-refractivity contribution in [3.05, 3.63) is 50.1 Å². The first kappa shape index (κ1) is 15.2. The molecule has 112 valence electrons. The van der Waals surface area contributed by atoms with Gasteiger partial charge in [0.2, 0.25) is 10.0 Å². The fourth-order valence-corrected chi connectivity index (χ4v) is 5.72. The van der Waals surface area contributed by atoms with Crippen LogP contribution in [0.2, 0.25) is 0 Å². The Kier molecular flexibility index (Phi) is 4.20. The van der Waals surface area contributed by atoms with Crippen LogP contribution >= 0.6 is 27.3 Å². The third kappa shape index (κ3) is 2.80. The summed E-state index contributed by atoms with van der Waals surface area (Å²) in [5.74, 6) is 0. The smallest absolute Gasteiger partial charge is 0.244 e. The van der Waals surface area contributed by atoms with Gasteiger partial charge in [-0.1, -0.05) is 6.07 Å². The van der Waals surface area contributed by atoms with E-state index in [9.17, 15) is 8.42 Å². The monoisotopic (exact) mass is 386 g/mol. The van der Waals surface area contributed by atoms with Gasteiger partial charge in [0.1, 0.15) is 0 Å². The van der Waals surface area contributed by atoms with Gasteiger partial charge in [-0.3, -0.25) is 0 Å². The van der Waals surface area contributed by atoms with Crippen molar-refractivity contribution in [3.8, 4) is 0 Å². The maximum atomic E-state index is 12.9. The Balaban J connectivity index is 1.98. The molecule has 0 fully saturated rings. The van der Waals surface area contributed by atoms with Gasteiger partial charge in [0, 0.05) is 29.0 Å². The number of hydrogen-bond donors (Lipinski definition) is 1. The number of thiophene rings is 1. The molecule has 2 N–H and O–H groups in total. The molecule has 0 unspecified atom stereocenters. The zero-order chi connectivity index (χ0) is 15.0. The normalized spacial score (nSPS) is 15.9. The van der Waals surface area contributed by atoms with Crippen molar-refractivity contribution in [1.29, 1.82) is 0 Å². The van der Waals surface area contributed by atoms with Gasteiger partial charge in [-0.15, -0.1) is 11.3 Å². The minimum Gasteiger partial charge on any atom is -0.326 e. The maximum absolute atomic E-state index is 12.9. The summed E-state index contributed by atoms with van der Waals surface area (Å²) in [5, 5.41) is 2.02. The molecule has 2 aromatic rings. The Morgan fingerprint density at radius 3 is 2.90 bits per heavy atom. The molecule has 2 heterocycles. The van der Waals surface area contributed by atoms with E-state index in [1.54, 1.807) is 27.8 Å². The molecule has 1 aliphatic heterocycles. The third-order valence-electron chi connectivity index (χ3n) is 3.62.